The second-order valence-electron chi connectivity index (χ2n) is 5.42. The van der Waals surface area contributed by atoms with Gasteiger partial charge in [-0.1, -0.05) is 35.2 Å². The normalized spacial score (nSPS) is 18.4. The van der Waals surface area contributed by atoms with E-state index in [2.05, 4.69) is 15.9 Å². The predicted octanol–water partition coefficient (Wildman–Crippen LogP) is 4.07. The third-order valence-electron chi connectivity index (χ3n) is 4.37. The summed E-state index contributed by atoms with van der Waals surface area (Å²) in [6, 6.07) is 1.48. The Labute approximate surface area is 122 Å². The van der Waals surface area contributed by atoms with Gasteiger partial charge in [0.25, 0.3) is 0 Å². The lowest BCUT2D eigenvalue weighted by Gasteiger charge is -2.39. The molecule has 0 atom stereocenters. The molecule has 0 saturated heterocycles. The highest BCUT2D eigenvalue weighted by Gasteiger charge is 2.37. The standard InChI is InChI=1S/C15H21BrFNO/c1-10-11(16)8-12(17)14(19-2)13(10)15(9-18)6-4-3-5-7-15/h8H,3-7,9,18H2,1-2H3. The van der Waals surface area contributed by atoms with Gasteiger partial charge in [0.15, 0.2) is 11.6 Å². The summed E-state index contributed by atoms with van der Waals surface area (Å²) in [6.45, 7) is 2.55. The van der Waals surface area contributed by atoms with Gasteiger partial charge in [0.05, 0.1) is 7.11 Å². The van der Waals surface area contributed by atoms with Crippen LogP contribution in [0.1, 0.15) is 43.2 Å². The van der Waals surface area contributed by atoms with Crippen molar-refractivity contribution in [3.63, 3.8) is 0 Å². The van der Waals surface area contributed by atoms with Crippen LogP contribution in [0.5, 0.6) is 5.75 Å². The Hall–Kier alpha value is -0.610. The SMILES string of the molecule is COc1c(F)cc(Br)c(C)c1C1(CN)CCCCC1. The lowest BCUT2D eigenvalue weighted by atomic mass is 9.68. The minimum absolute atomic E-state index is 0.141. The lowest BCUT2D eigenvalue weighted by molar-refractivity contribution is 0.281. The van der Waals surface area contributed by atoms with Crippen LogP contribution in [0.15, 0.2) is 10.5 Å². The first-order valence-electron chi connectivity index (χ1n) is 6.79. The average Bonchev–Trinajstić information content (AvgIpc) is 2.43. The highest BCUT2D eigenvalue weighted by molar-refractivity contribution is 9.10. The molecular weight excluding hydrogens is 309 g/mol. The topological polar surface area (TPSA) is 35.2 Å². The number of nitrogens with two attached hydrogens (primary N) is 1. The third kappa shape index (κ3) is 2.52. The van der Waals surface area contributed by atoms with Crippen LogP contribution in [0, 0.1) is 12.7 Å². The van der Waals surface area contributed by atoms with Gasteiger partial charge in [0, 0.05) is 22.0 Å². The van der Waals surface area contributed by atoms with Crippen molar-refractivity contribution in [2.75, 3.05) is 13.7 Å². The summed E-state index contributed by atoms with van der Waals surface area (Å²) >= 11 is 3.44. The maximum atomic E-state index is 14.2. The fourth-order valence-corrected chi connectivity index (χ4v) is 3.72. The Balaban J connectivity index is 2.64. The molecule has 0 spiro atoms. The first-order valence-corrected chi connectivity index (χ1v) is 7.58. The number of hydrogen-bond acceptors (Lipinski definition) is 2. The van der Waals surface area contributed by atoms with E-state index in [1.165, 1.54) is 19.6 Å². The summed E-state index contributed by atoms with van der Waals surface area (Å²) in [7, 11) is 1.53. The van der Waals surface area contributed by atoms with E-state index < -0.39 is 0 Å². The molecule has 0 aromatic heterocycles. The molecule has 0 radical (unpaired) electrons. The van der Waals surface area contributed by atoms with E-state index in [1.807, 2.05) is 6.92 Å². The van der Waals surface area contributed by atoms with Crippen LogP contribution in [0.25, 0.3) is 0 Å². The van der Waals surface area contributed by atoms with E-state index in [1.54, 1.807) is 0 Å². The highest BCUT2D eigenvalue weighted by Crippen LogP contribution is 2.46. The second kappa shape index (κ2) is 5.80. The second-order valence-corrected chi connectivity index (χ2v) is 6.27. The van der Waals surface area contributed by atoms with Gasteiger partial charge in [-0.25, -0.2) is 4.39 Å². The fraction of sp³-hybridized carbons (Fsp3) is 0.600. The summed E-state index contributed by atoms with van der Waals surface area (Å²) in [5, 5.41) is 0. The molecule has 0 aliphatic heterocycles. The van der Waals surface area contributed by atoms with Gasteiger partial charge >= 0.3 is 0 Å². The maximum absolute atomic E-state index is 14.2. The van der Waals surface area contributed by atoms with Crippen molar-refractivity contribution < 1.29 is 9.13 Å². The molecule has 1 fully saturated rings. The summed E-state index contributed by atoms with van der Waals surface area (Å²) < 4.78 is 20.3. The summed E-state index contributed by atoms with van der Waals surface area (Å²) in [6.07, 6.45) is 5.55. The van der Waals surface area contributed by atoms with Crippen LogP contribution in [-0.4, -0.2) is 13.7 Å². The van der Waals surface area contributed by atoms with E-state index in [0.717, 1.165) is 41.3 Å². The Kier molecular flexibility index (Phi) is 4.51. The molecule has 2 rings (SSSR count). The monoisotopic (exact) mass is 329 g/mol. The number of hydrogen-bond donors (Lipinski definition) is 1. The van der Waals surface area contributed by atoms with Crippen molar-refractivity contribution in [3.05, 3.63) is 27.5 Å². The van der Waals surface area contributed by atoms with Gasteiger partial charge in [-0.2, -0.15) is 0 Å². The quantitative estimate of drug-likeness (QED) is 0.907. The van der Waals surface area contributed by atoms with Crippen LogP contribution < -0.4 is 10.5 Å². The van der Waals surface area contributed by atoms with E-state index in [9.17, 15) is 4.39 Å². The van der Waals surface area contributed by atoms with E-state index in [4.69, 9.17) is 10.5 Å². The van der Waals surface area contributed by atoms with Crippen LogP contribution >= 0.6 is 15.9 Å². The van der Waals surface area contributed by atoms with E-state index >= 15 is 0 Å². The van der Waals surface area contributed by atoms with Crippen LogP contribution in [0.3, 0.4) is 0 Å². The van der Waals surface area contributed by atoms with Gasteiger partial charge in [0.1, 0.15) is 0 Å². The molecule has 0 unspecified atom stereocenters. The fourth-order valence-electron chi connectivity index (χ4n) is 3.32. The number of halogens is 2. The molecule has 106 valence electrons. The van der Waals surface area contributed by atoms with Crippen molar-refractivity contribution in [2.24, 2.45) is 5.73 Å². The molecule has 1 aromatic rings. The highest BCUT2D eigenvalue weighted by atomic mass is 79.9. The number of benzene rings is 1. The third-order valence-corrected chi connectivity index (χ3v) is 5.19. The number of rotatable bonds is 3. The smallest absolute Gasteiger partial charge is 0.166 e. The van der Waals surface area contributed by atoms with Gasteiger partial charge in [0.2, 0.25) is 0 Å². The van der Waals surface area contributed by atoms with Crippen molar-refractivity contribution in [2.45, 2.75) is 44.4 Å². The minimum atomic E-state index is -0.312. The molecule has 4 heteroatoms. The van der Waals surface area contributed by atoms with E-state index in [0.29, 0.717) is 12.3 Å². The number of ether oxygens (including phenoxy) is 1. The zero-order valence-corrected chi connectivity index (χ0v) is 13.1. The van der Waals surface area contributed by atoms with Gasteiger partial charge < -0.3 is 10.5 Å². The van der Waals surface area contributed by atoms with E-state index in [-0.39, 0.29) is 11.2 Å². The zero-order chi connectivity index (χ0) is 14.0. The molecule has 1 aromatic carbocycles. The van der Waals surface area contributed by atoms with Gasteiger partial charge in [-0.3, -0.25) is 0 Å². The zero-order valence-electron chi connectivity index (χ0n) is 11.6. The lowest BCUT2D eigenvalue weighted by Crippen LogP contribution is -2.38. The summed E-state index contributed by atoms with van der Waals surface area (Å²) in [4.78, 5) is 0. The average molecular weight is 330 g/mol. The Bertz CT molecular complexity index is 470. The molecular formula is C15H21BrFNO. The molecule has 2 N–H and O–H groups in total. The van der Waals surface area contributed by atoms with Crippen molar-refractivity contribution >= 4 is 15.9 Å². The molecule has 1 aliphatic carbocycles. The molecule has 1 aliphatic rings. The molecule has 1 saturated carbocycles. The first-order chi connectivity index (χ1) is 9.05. The first kappa shape index (κ1) is 14.8. The largest absolute Gasteiger partial charge is 0.493 e. The molecule has 19 heavy (non-hydrogen) atoms. The van der Waals surface area contributed by atoms with Crippen LogP contribution in [0.4, 0.5) is 4.39 Å². The molecule has 0 heterocycles. The predicted molar refractivity (Wildman–Crippen MR) is 79.2 cm³/mol. The molecule has 0 bridgehead atoms. The van der Waals surface area contributed by atoms with Crippen molar-refractivity contribution in [3.8, 4) is 5.75 Å². The molecule has 2 nitrogen and oxygen atoms in total. The van der Waals surface area contributed by atoms with Gasteiger partial charge in [-0.05, 0) is 31.4 Å². The van der Waals surface area contributed by atoms with Crippen LogP contribution in [0.2, 0.25) is 0 Å². The number of methoxy groups -OCH3 is 1. The Morgan fingerprint density at radius 2 is 2.00 bits per heavy atom. The van der Waals surface area contributed by atoms with Gasteiger partial charge in [-0.15, -0.1) is 0 Å². The Morgan fingerprint density at radius 3 is 2.53 bits per heavy atom. The summed E-state index contributed by atoms with van der Waals surface area (Å²) in [5.74, 6) is 0.0569. The molecule has 0 amide bonds. The minimum Gasteiger partial charge on any atom is -0.493 e. The summed E-state index contributed by atoms with van der Waals surface area (Å²) in [5.41, 5.74) is 7.94. The van der Waals surface area contributed by atoms with Crippen molar-refractivity contribution in [1.82, 2.24) is 0 Å². The van der Waals surface area contributed by atoms with Crippen LogP contribution in [-0.2, 0) is 5.41 Å². The maximum Gasteiger partial charge on any atom is 0.166 e. The Morgan fingerprint density at radius 1 is 1.37 bits per heavy atom. The van der Waals surface area contributed by atoms with Crippen molar-refractivity contribution in [1.29, 1.82) is 0 Å².